The highest BCUT2D eigenvalue weighted by Crippen LogP contribution is 2.38. The molecule has 0 spiro atoms. The zero-order valence-corrected chi connectivity index (χ0v) is 9.95. The molecule has 0 fully saturated rings. The van der Waals surface area contributed by atoms with Gasteiger partial charge in [-0.2, -0.15) is 13.2 Å². The Morgan fingerprint density at radius 2 is 1.53 bits per heavy atom. The van der Waals surface area contributed by atoms with Gasteiger partial charge in [0, 0.05) is 23.1 Å². The first kappa shape index (κ1) is 14.4. The van der Waals surface area contributed by atoms with Gasteiger partial charge in [-0.1, -0.05) is 15.9 Å². The van der Waals surface area contributed by atoms with Crippen LogP contribution in [0.25, 0.3) is 0 Å². The normalized spacial score (nSPS) is 12.9. The fraction of sp³-hybridized carbons (Fsp3) is 0.400. The molecule has 0 aliphatic heterocycles. The van der Waals surface area contributed by atoms with Gasteiger partial charge in [0.05, 0.1) is 5.56 Å². The zero-order valence-electron chi connectivity index (χ0n) is 8.36. The van der Waals surface area contributed by atoms with Crippen LogP contribution >= 0.6 is 15.9 Å². The minimum absolute atomic E-state index is 0.0834. The molecule has 96 valence electrons. The van der Waals surface area contributed by atoms with Crippen molar-refractivity contribution in [2.75, 3.05) is 6.61 Å². The second kappa shape index (κ2) is 4.89. The predicted molar refractivity (Wildman–Crippen MR) is 54.7 cm³/mol. The number of benzene rings is 1. The summed E-state index contributed by atoms with van der Waals surface area (Å²) >= 11 is 2.75. The number of aliphatic hydroxyl groups is 1. The Morgan fingerprint density at radius 1 is 1.00 bits per heavy atom. The average molecular weight is 319 g/mol. The van der Waals surface area contributed by atoms with Crippen LogP contribution in [0.3, 0.4) is 0 Å². The summed E-state index contributed by atoms with van der Waals surface area (Å²) < 4.78 is 63.8. The summed E-state index contributed by atoms with van der Waals surface area (Å²) in [6, 6.07) is 2.02. The third-order valence-corrected chi connectivity index (χ3v) is 2.53. The first-order chi connectivity index (χ1) is 7.66. The lowest BCUT2D eigenvalue weighted by atomic mass is 10.0. The largest absolute Gasteiger partial charge is 0.416 e. The van der Waals surface area contributed by atoms with Crippen LogP contribution in [0, 0.1) is 0 Å². The van der Waals surface area contributed by atoms with Crippen molar-refractivity contribution in [1.29, 1.82) is 0 Å². The summed E-state index contributed by atoms with van der Waals surface area (Å²) in [5, 5.41) is 8.45. The van der Waals surface area contributed by atoms with Crippen molar-refractivity contribution < 1.29 is 27.1 Å². The van der Waals surface area contributed by atoms with Crippen LogP contribution in [0.1, 0.15) is 17.5 Å². The molecule has 17 heavy (non-hydrogen) atoms. The summed E-state index contributed by atoms with van der Waals surface area (Å²) in [7, 11) is 0. The molecule has 0 atom stereocenters. The van der Waals surface area contributed by atoms with Crippen LogP contribution < -0.4 is 0 Å². The summed E-state index contributed by atoms with van der Waals surface area (Å²) in [5.41, 5.74) is -1.92. The molecular weight excluding hydrogens is 311 g/mol. The number of hydrogen-bond donors (Lipinski definition) is 1. The van der Waals surface area contributed by atoms with Crippen LogP contribution in [-0.4, -0.2) is 11.7 Å². The second-order valence-electron chi connectivity index (χ2n) is 3.40. The molecule has 1 aromatic carbocycles. The fourth-order valence-corrected chi connectivity index (χ4v) is 1.74. The van der Waals surface area contributed by atoms with Crippen LogP contribution in [0.2, 0.25) is 0 Å². The van der Waals surface area contributed by atoms with Crippen molar-refractivity contribution >= 4 is 15.9 Å². The number of hydrogen-bond acceptors (Lipinski definition) is 1. The van der Waals surface area contributed by atoms with Gasteiger partial charge in [-0.15, -0.1) is 0 Å². The van der Waals surface area contributed by atoms with Crippen molar-refractivity contribution in [3.8, 4) is 0 Å². The lowest BCUT2D eigenvalue weighted by Gasteiger charge is -2.17. The summed E-state index contributed by atoms with van der Waals surface area (Å²) in [5.74, 6) is -3.49. The van der Waals surface area contributed by atoms with Crippen LogP contribution in [-0.2, 0) is 12.1 Å². The maximum absolute atomic E-state index is 13.4. The van der Waals surface area contributed by atoms with E-state index in [1.165, 1.54) is 0 Å². The first-order valence-corrected chi connectivity index (χ1v) is 5.33. The maximum Gasteiger partial charge on any atom is 0.416 e. The summed E-state index contributed by atoms with van der Waals surface area (Å²) in [4.78, 5) is 0. The van der Waals surface area contributed by atoms with E-state index < -0.39 is 36.3 Å². The van der Waals surface area contributed by atoms with E-state index in [-0.39, 0.29) is 4.47 Å². The Labute approximate surface area is 102 Å². The Bertz CT molecular complexity index is 402. The van der Waals surface area contributed by atoms with Gasteiger partial charge in [0.25, 0.3) is 5.92 Å². The highest BCUT2D eigenvalue weighted by Gasteiger charge is 2.36. The van der Waals surface area contributed by atoms with Gasteiger partial charge in [0.1, 0.15) is 0 Å². The molecule has 0 aromatic heterocycles. The Morgan fingerprint density at radius 3 is 2.00 bits per heavy atom. The lowest BCUT2D eigenvalue weighted by molar-refractivity contribution is -0.137. The van der Waals surface area contributed by atoms with E-state index in [0.29, 0.717) is 6.07 Å². The molecule has 0 amide bonds. The molecule has 1 aromatic rings. The number of halogens is 6. The number of alkyl halides is 5. The fourth-order valence-electron chi connectivity index (χ4n) is 1.25. The van der Waals surface area contributed by atoms with E-state index in [1.54, 1.807) is 0 Å². The molecule has 0 bridgehead atoms. The maximum atomic E-state index is 13.4. The van der Waals surface area contributed by atoms with Gasteiger partial charge >= 0.3 is 6.18 Å². The molecule has 0 saturated heterocycles. The standard InChI is InChI=1S/C10H8BrF5O/c11-8-4-6(9(12,13)1-2-17)3-7(5-8)10(14,15)16/h3-5,17H,1-2H2. The summed E-state index contributed by atoms with van der Waals surface area (Å²) in [6.07, 6.45) is -5.60. The topological polar surface area (TPSA) is 20.2 Å². The van der Waals surface area contributed by atoms with E-state index in [9.17, 15) is 22.0 Å². The van der Waals surface area contributed by atoms with Crippen molar-refractivity contribution in [2.45, 2.75) is 18.5 Å². The van der Waals surface area contributed by atoms with E-state index in [0.717, 1.165) is 12.1 Å². The quantitative estimate of drug-likeness (QED) is 0.837. The minimum Gasteiger partial charge on any atom is -0.396 e. The van der Waals surface area contributed by atoms with E-state index >= 15 is 0 Å². The van der Waals surface area contributed by atoms with E-state index in [4.69, 9.17) is 5.11 Å². The number of rotatable bonds is 3. The minimum atomic E-state index is -4.69. The van der Waals surface area contributed by atoms with Crippen LogP contribution in [0.15, 0.2) is 22.7 Å². The van der Waals surface area contributed by atoms with Gasteiger partial charge in [-0.05, 0) is 18.2 Å². The number of aliphatic hydroxyl groups excluding tert-OH is 1. The molecule has 1 N–H and O–H groups in total. The third kappa shape index (κ3) is 3.64. The van der Waals surface area contributed by atoms with Crippen molar-refractivity contribution in [1.82, 2.24) is 0 Å². The molecule has 7 heteroatoms. The Kier molecular flexibility index (Phi) is 4.14. The second-order valence-corrected chi connectivity index (χ2v) is 4.32. The monoisotopic (exact) mass is 318 g/mol. The highest BCUT2D eigenvalue weighted by molar-refractivity contribution is 9.10. The molecule has 1 rings (SSSR count). The highest BCUT2D eigenvalue weighted by atomic mass is 79.9. The van der Waals surface area contributed by atoms with Gasteiger partial charge in [-0.25, -0.2) is 8.78 Å². The summed E-state index contributed by atoms with van der Waals surface area (Å²) in [6.45, 7) is -0.805. The van der Waals surface area contributed by atoms with Gasteiger partial charge in [0.15, 0.2) is 0 Å². The molecule has 0 aliphatic rings. The zero-order chi connectivity index (χ0) is 13.3. The van der Waals surface area contributed by atoms with E-state index in [1.807, 2.05) is 0 Å². The van der Waals surface area contributed by atoms with Crippen molar-refractivity contribution in [3.63, 3.8) is 0 Å². The first-order valence-electron chi connectivity index (χ1n) is 4.54. The van der Waals surface area contributed by atoms with Gasteiger partial charge < -0.3 is 5.11 Å². The van der Waals surface area contributed by atoms with Gasteiger partial charge in [-0.3, -0.25) is 0 Å². The lowest BCUT2D eigenvalue weighted by Crippen LogP contribution is -2.17. The molecule has 0 radical (unpaired) electrons. The third-order valence-electron chi connectivity index (χ3n) is 2.07. The Hall–Kier alpha value is -0.690. The predicted octanol–water partition coefficient (Wildman–Crippen LogP) is 3.94. The van der Waals surface area contributed by atoms with Gasteiger partial charge in [0.2, 0.25) is 0 Å². The smallest absolute Gasteiger partial charge is 0.396 e. The van der Waals surface area contributed by atoms with E-state index in [2.05, 4.69) is 15.9 Å². The van der Waals surface area contributed by atoms with Crippen molar-refractivity contribution in [2.24, 2.45) is 0 Å². The van der Waals surface area contributed by atoms with Crippen molar-refractivity contribution in [3.05, 3.63) is 33.8 Å². The molecule has 1 nitrogen and oxygen atoms in total. The molecule has 0 heterocycles. The van der Waals surface area contributed by atoms with Crippen LogP contribution in [0.5, 0.6) is 0 Å². The molecular formula is C10H8BrF5O. The molecule has 0 saturated carbocycles. The molecule has 0 aliphatic carbocycles. The average Bonchev–Trinajstić information content (AvgIpc) is 2.15. The van der Waals surface area contributed by atoms with Crippen LogP contribution in [0.4, 0.5) is 22.0 Å². The SMILES string of the molecule is OCCC(F)(F)c1cc(Br)cc(C(F)(F)F)c1. The Balaban J connectivity index is 3.23. The molecule has 0 unspecified atom stereocenters.